The molecule has 0 aromatic carbocycles. The number of rotatable bonds is 13. The van der Waals surface area contributed by atoms with Gasteiger partial charge in [0.15, 0.2) is 0 Å². The first-order valence-corrected chi connectivity index (χ1v) is 9.94. The predicted molar refractivity (Wildman–Crippen MR) is 112 cm³/mol. The Hall–Kier alpha value is -3.13. The van der Waals surface area contributed by atoms with Crippen molar-refractivity contribution in [1.82, 2.24) is 25.9 Å². The number of primary amides is 1. The summed E-state index contributed by atoms with van der Waals surface area (Å²) in [7, 11) is 0. The minimum absolute atomic E-state index is 0.107. The number of H-pyrrole nitrogens is 1. The fraction of sp³-hybridized carbons (Fsp3) is 0.529. The smallest absolute Gasteiger partial charge is 0.325 e. The molecule has 0 aliphatic rings. The van der Waals surface area contributed by atoms with Crippen LogP contribution in [0.5, 0.6) is 0 Å². The van der Waals surface area contributed by atoms with Gasteiger partial charge in [-0.05, 0) is 13.3 Å². The molecule has 172 valence electrons. The van der Waals surface area contributed by atoms with E-state index in [1.54, 1.807) is 0 Å². The molecular weight excluding hydrogens is 430 g/mol. The molecule has 0 radical (unpaired) electrons. The van der Waals surface area contributed by atoms with Gasteiger partial charge in [-0.3, -0.25) is 24.0 Å². The second-order valence-corrected chi connectivity index (χ2v) is 7.13. The Morgan fingerprint density at radius 2 is 1.74 bits per heavy atom. The minimum Gasteiger partial charge on any atom is -0.480 e. The van der Waals surface area contributed by atoms with Crippen LogP contribution in [0.25, 0.3) is 0 Å². The quantitative estimate of drug-likeness (QED) is 0.142. The molecule has 0 aliphatic heterocycles. The minimum atomic E-state index is -1.28. The third-order valence-corrected chi connectivity index (χ3v) is 4.55. The number of hydrogen-bond donors (Lipinski definition) is 8. The monoisotopic (exact) mass is 457 g/mol. The second kappa shape index (κ2) is 12.5. The van der Waals surface area contributed by atoms with Gasteiger partial charge in [0, 0.05) is 30.5 Å². The highest BCUT2D eigenvalue weighted by molar-refractivity contribution is 7.80. The molecule has 9 N–H and O–H groups in total. The van der Waals surface area contributed by atoms with Gasteiger partial charge in [-0.1, -0.05) is 0 Å². The number of thiol groups is 1. The molecule has 0 saturated heterocycles. The highest BCUT2D eigenvalue weighted by Gasteiger charge is 2.29. The van der Waals surface area contributed by atoms with Crippen molar-refractivity contribution in [1.29, 1.82) is 0 Å². The molecule has 14 heteroatoms. The zero-order chi connectivity index (χ0) is 23.6. The fourth-order valence-corrected chi connectivity index (χ4v) is 2.66. The van der Waals surface area contributed by atoms with Gasteiger partial charge in [0.25, 0.3) is 0 Å². The number of aromatic amines is 1. The van der Waals surface area contributed by atoms with Gasteiger partial charge in [0.1, 0.15) is 18.1 Å². The molecule has 1 heterocycles. The Bertz CT molecular complexity index is 788. The van der Waals surface area contributed by atoms with Gasteiger partial charge in [-0.2, -0.15) is 12.6 Å². The van der Waals surface area contributed by atoms with Crippen LogP contribution in [0.4, 0.5) is 0 Å². The lowest BCUT2D eigenvalue weighted by Gasteiger charge is -2.23. The number of carboxylic acid groups (broad SMARTS) is 1. The largest absolute Gasteiger partial charge is 0.480 e. The van der Waals surface area contributed by atoms with E-state index < -0.39 is 53.8 Å². The van der Waals surface area contributed by atoms with E-state index in [0.29, 0.717) is 5.69 Å². The summed E-state index contributed by atoms with van der Waals surface area (Å²) in [5.74, 6) is -4.29. The molecule has 31 heavy (non-hydrogen) atoms. The second-order valence-electron chi connectivity index (χ2n) is 6.77. The standard InChI is InChI=1S/C17H27N7O6S/c1-8(17(29)30)22-15(27)11(2-3-13(19)25)23-16(28)12(6-31)24-14(26)10(18)4-9-5-20-7-21-9/h5,7-8,10-12,31H,2-4,6,18H2,1H3,(H2,19,25)(H,20,21)(H,22,27)(H,23,28)(H,24,26)(H,29,30). The van der Waals surface area contributed by atoms with E-state index in [0.717, 1.165) is 0 Å². The SMILES string of the molecule is CC(NC(=O)C(CCC(N)=O)NC(=O)C(CS)NC(=O)C(N)Cc1cnc[nH]1)C(=O)O. The average molecular weight is 458 g/mol. The molecule has 4 atom stereocenters. The summed E-state index contributed by atoms with van der Waals surface area (Å²) in [6, 6.07) is -4.58. The zero-order valence-corrected chi connectivity index (χ0v) is 17.7. The lowest BCUT2D eigenvalue weighted by atomic mass is 10.1. The van der Waals surface area contributed by atoms with Crippen molar-refractivity contribution in [2.24, 2.45) is 11.5 Å². The van der Waals surface area contributed by atoms with Crippen molar-refractivity contribution >= 4 is 42.2 Å². The van der Waals surface area contributed by atoms with Crippen LogP contribution in [-0.2, 0) is 30.4 Å². The van der Waals surface area contributed by atoms with Gasteiger partial charge in [-0.25, -0.2) is 4.98 Å². The predicted octanol–water partition coefficient (Wildman–Crippen LogP) is -2.97. The first-order chi connectivity index (χ1) is 14.5. The number of aliphatic carboxylic acids is 1. The molecule has 1 aromatic heterocycles. The van der Waals surface area contributed by atoms with Crippen molar-refractivity contribution in [3.8, 4) is 0 Å². The number of aromatic nitrogens is 2. The van der Waals surface area contributed by atoms with Crippen molar-refractivity contribution in [3.63, 3.8) is 0 Å². The van der Waals surface area contributed by atoms with Gasteiger partial charge in [0.05, 0.1) is 12.4 Å². The number of nitrogens with two attached hydrogens (primary N) is 2. The number of amides is 4. The molecule has 0 fully saturated rings. The number of carbonyl (C=O) groups excluding carboxylic acids is 4. The zero-order valence-electron chi connectivity index (χ0n) is 16.8. The van der Waals surface area contributed by atoms with E-state index in [9.17, 15) is 24.0 Å². The van der Waals surface area contributed by atoms with Gasteiger partial charge in [-0.15, -0.1) is 0 Å². The van der Waals surface area contributed by atoms with Crippen LogP contribution in [0, 0.1) is 0 Å². The number of nitrogens with zero attached hydrogens (tertiary/aromatic N) is 1. The average Bonchev–Trinajstić information content (AvgIpc) is 3.21. The maximum Gasteiger partial charge on any atom is 0.325 e. The van der Waals surface area contributed by atoms with E-state index in [1.165, 1.54) is 19.4 Å². The molecule has 4 amide bonds. The molecule has 1 rings (SSSR count). The summed E-state index contributed by atoms with van der Waals surface area (Å²) in [6.07, 6.45) is 2.71. The van der Waals surface area contributed by atoms with Crippen LogP contribution in [-0.4, -0.2) is 74.6 Å². The van der Waals surface area contributed by atoms with Crippen LogP contribution in [0.2, 0.25) is 0 Å². The van der Waals surface area contributed by atoms with Crippen molar-refractivity contribution in [2.45, 2.75) is 50.4 Å². The molecule has 0 saturated carbocycles. The Labute approximate surface area is 183 Å². The summed E-state index contributed by atoms with van der Waals surface area (Å²) in [4.78, 5) is 65.9. The molecule has 0 spiro atoms. The van der Waals surface area contributed by atoms with E-state index >= 15 is 0 Å². The highest BCUT2D eigenvalue weighted by Crippen LogP contribution is 2.02. The maximum absolute atomic E-state index is 12.6. The van der Waals surface area contributed by atoms with Gasteiger partial charge >= 0.3 is 5.97 Å². The van der Waals surface area contributed by atoms with Crippen LogP contribution in [0.1, 0.15) is 25.5 Å². The third-order valence-electron chi connectivity index (χ3n) is 4.19. The number of carbonyl (C=O) groups is 5. The lowest BCUT2D eigenvalue weighted by molar-refractivity contribution is -0.142. The van der Waals surface area contributed by atoms with Crippen molar-refractivity contribution in [3.05, 3.63) is 18.2 Å². The Morgan fingerprint density at radius 3 is 2.26 bits per heavy atom. The first kappa shape index (κ1) is 25.9. The normalized spacial score (nSPS) is 14.5. The molecule has 1 aromatic rings. The summed E-state index contributed by atoms with van der Waals surface area (Å²) >= 11 is 4.04. The number of imidazole rings is 1. The Balaban J connectivity index is 2.77. The summed E-state index contributed by atoms with van der Waals surface area (Å²) in [5, 5.41) is 16.0. The topological polar surface area (TPSA) is 222 Å². The Kier molecular flexibility index (Phi) is 10.5. The van der Waals surface area contributed by atoms with Crippen LogP contribution in [0.15, 0.2) is 12.5 Å². The molecule has 13 nitrogen and oxygen atoms in total. The molecular formula is C17H27N7O6S. The van der Waals surface area contributed by atoms with E-state index in [1.807, 2.05) is 0 Å². The van der Waals surface area contributed by atoms with Crippen molar-refractivity contribution in [2.75, 3.05) is 5.75 Å². The number of hydrogen-bond acceptors (Lipinski definition) is 8. The highest BCUT2D eigenvalue weighted by atomic mass is 32.1. The number of nitrogens with one attached hydrogen (secondary N) is 4. The van der Waals surface area contributed by atoms with Gasteiger partial charge in [0.2, 0.25) is 23.6 Å². The molecule has 0 aliphatic carbocycles. The van der Waals surface area contributed by atoms with E-state index in [4.69, 9.17) is 16.6 Å². The van der Waals surface area contributed by atoms with Gasteiger partial charge < -0.3 is 37.5 Å². The fourth-order valence-electron chi connectivity index (χ4n) is 2.40. The van der Waals surface area contributed by atoms with Crippen LogP contribution in [0.3, 0.4) is 0 Å². The number of carboxylic acids is 1. The third kappa shape index (κ3) is 9.04. The first-order valence-electron chi connectivity index (χ1n) is 9.31. The lowest BCUT2D eigenvalue weighted by Crippen LogP contribution is -2.57. The Morgan fingerprint density at radius 1 is 1.13 bits per heavy atom. The summed E-state index contributed by atoms with van der Waals surface area (Å²) < 4.78 is 0. The molecule has 0 bridgehead atoms. The van der Waals surface area contributed by atoms with E-state index in [-0.39, 0.29) is 25.0 Å². The van der Waals surface area contributed by atoms with Crippen LogP contribution < -0.4 is 27.4 Å². The summed E-state index contributed by atoms with van der Waals surface area (Å²) in [5.41, 5.74) is 11.6. The van der Waals surface area contributed by atoms with E-state index in [2.05, 4.69) is 38.5 Å². The van der Waals surface area contributed by atoms with Crippen LogP contribution >= 0.6 is 12.6 Å². The maximum atomic E-state index is 12.6. The molecule has 4 unspecified atom stereocenters. The van der Waals surface area contributed by atoms with Crippen molar-refractivity contribution < 1.29 is 29.1 Å². The summed E-state index contributed by atoms with van der Waals surface area (Å²) in [6.45, 7) is 1.24.